The van der Waals surface area contributed by atoms with Crippen LogP contribution in [0.25, 0.3) is 0 Å². The maximum Gasteiger partial charge on any atom is 0.467 e. The van der Waals surface area contributed by atoms with Crippen molar-refractivity contribution < 1.29 is 14.1 Å². The molecule has 102 valence electrons. The zero-order valence-corrected chi connectivity index (χ0v) is 11.9. The summed E-state index contributed by atoms with van der Waals surface area (Å²) in [7, 11) is -0.492. The first-order chi connectivity index (χ1) is 8.80. The molecular weight excluding hydrogens is 241 g/mol. The van der Waals surface area contributed by atoms with Crippen LogP contribution in [0.2, 0.25) is 6.32 Å². The topological polar surface area (TPSA) is 47.6 Å². The average Bonchev–Trinajstić information content (AvgIpc) is 2.47. The van der Waals surface area contributed by atoms with Gasteiger partial charge in [0.25, 0.3) is 0 Å². The molecule has 1 amide bonds. The van der Waals surface area contributed by atoms with Gasteiger partial charge in [0.15, 0.2) is 0 Å². The molecule has 4 nitrogen and oxygen atoms in total. The molecule has 1 aromatic carbocycles. The molecule has 0 aliphatic carbocycles. The van der Waals surface area contributed by atoms with Crippen molar-refractivity contribution in [2.75, 3.05) is 5.32 Å². The second kappa shape index (κ2) is 4.98. The lowest BCUT2D eigenvalue weighted by Gasteiger charge is -2.32. The number of benzene rings is 1. The third kappa shape index (κ3) is 3.17. The predicted octanol–water partition coefficient (Wildman–Crippen LogP) is 2.72. The Morgan fingerprint density at radius 1 is 1.11 bits per heavy atom. The van der Waals surface area contributed by atoms with E-state index >= 15 is 0 Å². The smallest absolute Gasteiger partial charge is 0.403 e. The van der Waals surface area contributed by atoms with Crippen LogP contribution in [0.4, 0.5) is 5.69 Å². The fourth-order valence-electron chi connectivity index (χ4n) is 1.93. The Balaban J connectivity index is 1.91. The number of nitrogens with one attached hydrogen (secondary N) is 1. The number of rotatable bonds is 3. The molecule has 0 atom stereocenters. The number of anilines is 1. The molecule has 1 fully saturated rings. The van der Waals surface area contributed by atoms with Gasteiger partial charge >= 0.3 is 7.12 Å². The van der Waals surface area contributed by atoms with Crippen LogP contribution in [0, 0.1) is 0 Å². The Morgan fingerprint density at radius 3 is 2.16 bits per heavy atom. The summed E-state index contributed by atoms with van der Waals surface area (Å²) >= 11 is 0. The highest BCUT2D eigenvalue weighted by Crippen LogP contribution is 2.37. The Labute approximate surface area is 114 Å². The fourth-order valence-corrected chi connectivity index (χ4v) is 1.93. The second-order valence-corrected chi connectivity index (χ2v) is 5.80. The van der Waals surface area contributed by atoms with Crippen molar-refractivity contribution in [1.82, 2.24) is 0 Å². The van der Waals surface area contributed by atoms with Crippen LogP contribution in [0.1, 0.15) is 27.7 Å². The van der Waals surface area contributed by atoms with E-state index in [0.29, 0.717) is 0 Å². The third-order valence-corrected chi connectivity index (χ3v) is 3.71. The molecule has 0 radical (unpaired) electrons. The van der Waals surface area contributed by atoms with E-state index in [0.717, 1.165) is 5.69 Å². The molecule has 1 heterocycles. The van der Waals surface area contributed by atoms with Crippen LogP contribution >= 0.6 is 0 Å². The largest absolute Gasteiger partial charge is 0.467 e. The molecule has 1 aromatic rings. The monoisotopic (exact) mass is 261 g/mol. The van der Waals surface area contributed by atoms with Crippen molar-refractivity contribution in [3.05, 3.63) is 30.3 Å². The number of hydrogen-bond acceptors (Lipinski definition) is 3. The molecule has 2 rings (SSSR count). The van der Waals surface area contributed by atoms with Crippen LogP contribution in [0.5, 0.6) is 0 Å². The van der Waals surface area contributed by atoms with Crippen LogP contribution in [0.15, 0.2) is 30.3 Å². The summed E-state index contributed by atoms with van der Waals surface area (Å²) in [5.74, 6) is -0.107. The van der Waals surface area contributed by atoms with Crippen molar-refractivity contribution in [2.24, 2.45) is 0 Å². The predicted molar refractivity (Wildman–Crippen MR) is 76.0 cm³/mol. The summed E-state index contributed by atoms with van der Waals surface area (Å²) < 4.78 is 11.6. The zero-order valence-electron chi connectivity index (χ0n) is 11.9. The highest BCUT2D eigenvalue weighted by atomic mass is 16.7. The molecule has 0 bridgehead atoms. The highest BCUT2D eigenvalue weighted by Gasteiger charge is 2.51. The minimum Gasteiger partial charge on any atom is -0.403 e. The Morgan fingerprint density at radius 2 is 1.63 bits per heavy atom. The van der Waals surface area contributed by atoms with Gasteiger partial charge in [-0.1, -0.05) is 18.2 Å². The number of para-hydroxylation sites is 1. The first-order valence-electron chi connectivity index (χ1n) is 6.51. The standard InChI is InChI=1S/C14H20BNO3/c1-13(2)14(3,4)19-15(18-13)10-12(17)16-11-8-6-5-7-9-11/h5-9H,10H2,1-4H3,(H,16,17). The van der Waals surface area contributed by atoms with E-state index in [9.17, 15) is 4.79 Å². The number of hydrogen-bond donors (Lipinski definition) is 1. The van der Waals surface area contributed by atoms with Crippen molar-refractivity contribution in [2.45, 2.75) is 45.2 Å². The summed E-state index contributed by atoms with van der Waals surface area (Å²) in [5, 5.41) is 2.82. The van der Waals surface area contributed by atoms with Crippen molar-refractivity contribution >= 4 is 18.7 Å². The lowest BCUT2D eigenvalue weighted by Crippen LogP contribution is -2.41. The van der Waals surface area contributed by atoms with Crippen LogP contribution in [-0.2, 0) is 14.1 Å². The normalized spacial score (nSPS) is 20.3. The maximum absolute atomic E-state index is 11.9. The molecule has 0 saturated carbocycles. The van der Waals surface area contributed by atoms with E-state index in [1.807, 2.05) is 58.0 Å². The van der Waals surface area contributed by atoms with E-state index in [-0.39, 0.29) is 12.2 Å². The molecule has 0 aromatic heterocycles. The molecular formula is C14H20BNO3. The van der Waals surface area contributed by atoms with Gasteiger partial charge in [0.05, 0.1) is 17.5 Å². The second-order valence-electron chi connectivity index (χ2n) is 5.80. The van der Waals surface area contributed by atoms with Gasteiger partial charge < -0.3 is 14.6 Å². The molecule has 1 aliphatic rings. The van der Waals surface area contributed by atoms with Gasteiger partial charge in [-0.3, -0.25) is 4.79 Å². The molecule has 0 unspecified atom stereocenters. The minimum absolute atomic E-state index is 0.107. The molecule has 19 heavy (non-hydrogen) atoms. The summed E-state index contributed by atoms with van der Waals surface area (Å²) in [6.07, 6.45) is 0.196. The lowest BCUT2D eigenvalue weighted by molar-refractivity contribution is -0.114. The fraction of sp³-hybridized carbons (Fsp3) is 0.500. The Bertz CT molecular complexity index is 443. The van der Waals surface area contributed by atoms with Crippen molar-refractivity contribution in [1.29, 1.82) is 0 Å². The van der Waals surface area contributed by atoms with Gasteiger partial charge in [-0.2, -0.15) is 0 Å². The van der Waals surface area contributed by atoms with E-state index < -0.39 is 18.3 Å². The molecule has 1 N–H and O–H groups in total. The van der Waals surface area contributed by atoms with Gasteiger partial charge in [0.2, 0.25) is 5.91 Å². The van der Waals surface area contributed by atoms with Gasteiger partial charge in [-0.15, -0.1) is 0 Å². The van der Waals surface area contributed by atoms with Gasteiger partial charge in [-0.25, -0.2) is 0 Å². The number of carbonyl (C=O) groups excluding carboxylic acids is 1. The van der Waals surface area contributed by atoms with E-state index in [2.05, 4.69) is 5.32 Å². The maximum atomic E-state index is 11.9. The van der Waals surface area contributed by atoms with E-state index in [4.69, 9.17) is 9.31 Å². The Hall–Kier alpha value is -1.33. The summed E-state index contributed by atoms with van der Waals surface area (Å²) in [6.45, 7) is 7.90. The molecule has 5 heteroatoms. The molecule has 1 saturated heterocycles. The summed E-state index contributed by atoms with van der Waals surface area (Å²) in [6, 6.07) is 9.36. The first kappa shape index (κ1) is 14.1. The Kier molecular flexibility index (Phi) is 3.70. The molecule has 0 spiro atoms. The van der Waals surface area contributed by atoms with E-state index in [1.54, 1.807) is 0 Å². The summed E-state index contributed by atoms with van der Waals surface area (Å²) in [4.78, 5) is 11.9. The van der Waals surface area contributed by atoms with Crippen LogP contribution < -0.4 is 5.32 Å². The summed E-state index contributed by atoms with van der Waals surface area (Å²) in [5.41, 5.74) is -0.0147. The average molecular weight is 261 g/mol. The number of carbonyl (C=O) groups is 1. The van der Waals surface area contributed by atoms with E-state index in [1.165, 1.54) is 0 Å². The third-order valence-electron chi connectivity index (χ3n) is 3.71. The van der Waals surface area contributed by atoms with Crippen molar-refractivity contribution in [3.8, 4) is 0 Å². The number of amides is 1. The zero-order chi connectivity index (χ0) is 14.1. The highest BCUT2D eigenvalue weighted by molar-refractivity contribution is 6.50. The minimum atomic E-state index is -0.492. The lowest BCUT2D eigenvalue weighted by atomic mass is 9.84. The molecule has 1 aliphatic heterocycles. The van der Waals surface area contributed by atoms with Crippen molar-refractivity contribution in [3.63, 3.8) is 0 Å². The van der Waals surface area contributed by atoms with Gasteiger partial charge in [0.1, 0.15) is 0 Å². The first-order valence-corrected chi connectivity index (χ1v) is 6.51. The van der Waals surface area contributed by atoms with Gasteiger partial charge in [-0.05, 0) is 39.8 Å². The SMILES string of the molecule is CC1(C)OB(CC(=O)Nc2ccccc2)OC1(C)C. The van der Waals surface area contributed by atoms with Crippen LogP contribution in [0.3, 0.4) is 0 Å². The van der Waals surface area contributed by atoms with Crippen LogP contribution in [-0.4, -0.2) is 24.2 Å². The van der Waals surface area contributed by atoms with Gasteiger partial charge in [0, 0.05) is 5.69 Å². The quantitative estimate of drug-likeness (QED) is 0.851.